The van der Waals surface area contributed by atoms with Crippen molar-refractivity contribution in [3.05, 3.63) is 58.3 Å². The maximum Gasteiger partial charge on any atom is 0.416 e. The monoisotopic (exact) mass is 619 g/mol. The Balaban J connectivity index is 0.00000588. The zero-order valence-electron chi connectivity index (χ0n) is 22.4. The minimum Gasteiger partial charge on any atom is -0.488 e. The second-order valence-electron chi connectivity index (χ2n) is 8.73. The number of urea groups is 1. The van der Waals surface area contributed by atoms with Crippen LogP contribution in [0.3, 0.4) is 0 Å². The summed E-state index contributed by atoms with van der Waals surface area (Å²) in [6.07, 6.45) is -2.19. The molecule has 0 aliphatic heterocycles. The molecule has 0 aliphatic carbocycles. The summed E-state index contributed by atoms with van der Waals surface area (Å²) in [7, 11) is -0.883. The second-order valence-corrected chi connectivity index (χ2v) is 10.5. The Kier molecular flexibility index (Phi) is 11.2. The summed E-state index contributed by atoms with van der Waals surface area (Å²) in [6.45, 7) is 3.85. The third-order valence-electron chi connectivity index (χ3n) is 5.31. The van der Waals surface area contributed by atoms with E-state index >= 15 is 0 Å². The number of pyridine rings is 1. The van der Waals surface area contributed by atoms with Gasteiger partial charge in [0.1, 0.15) is 0 Å². The summed E-state index contributed by atoms with van der Waals surface area (Å²) in [5.74, 6) is 0.299. The number of sulfonamides is 1. The Labute approximate surface area is 240 Å². The molecule has 0 unspecified atom stereocenters. The van der Waals surface area contributed by atoms with E-state index in [-0.39, 0.29) is 42.8 Å². The number of hydrogen-bond acceptors (Lipinski definition) is 8. The number of nitrogens with zero attached hydrogens (tertiary/aromatic N) is 3. The Bertz CT molecular complexity index is 1550. The van der Waals surface area contributed by atoms with Gasteiger partial charge in [0.25, 0.3) is 5.56 Å². The van der Waals surface area contributed by atoms with E-state index in [9.17, 15) is 31.2 Å². The minimum atomic E-state index is -4.87. The van der Waals surface area contributed by atoms with E-state index in [0.29, 0.717) is 29.9 Å². The van der Waals surface area contributed by atoms with Crippen LogP contribution in [-0.4, -0.2) is 68.1 Å². The Morgan fingerprint density at radius 2 is 1.85 bits per heavy atom. The van der Waals surface area contributed by atoms with Crippen LogP contribution in [0.2, 0.25) is 0 Å². The first-order valence-electron chi connectivity index (χ1n) is 11.8. The van der Waals surface area contributed by atoms with Crippen LogP contribution in [0.25, 0.3) is 11.4 Å². The van der Waals surface area contributed by atoms with Gasteiger partial charge in [-0.1, -0.05) is 0 Å². The molecule has 0 spiro atoms. The fourth-order valence-corrected chi connectivity index (χ4v) is 4.44. The van der Waals surface area contributed by atoms with Crippen LogP contribution in [-0.2, 0) is 16.2 Å². The average molecular weight is 620 g/mol. The number of amides is 2. The first-order chi connectivity index (χ1) is 18.7. The fourth-order valence-electron chi connectivity index (χ4n) is 3.35. The predicted molar refractivity (Wildman–Crippen MR) is 149 cm³/mol. The lowest BCUT2D eigenvalue weighted by molar-refractivity contribution is -0.137. The van der Waals surface area contributed by atoms with Crippen LogP contribution >= 0.6 is 12.4 Å². The molecule has 0 saturated heterocycles. The van der Waals surface area contributed by atoms with Crippen LogP contribution in [0.5, 0.6) is 5.75 Å². The number of carbonyl (C=O) groups excluding carboxylic acids is 1. The molecule has 2 heterocycles. The standard InChI is InChI=1S/C24H28F3N7O5S.ClH/c1-5-39-20-8-15(12-29-22(20)35)21-28-13-19(14(2)31-21)33-23(36)32-17-9-16(24(25,26)27)10-18(11-17)40(37,38)30-6-7-34(3)4;/h8-13,30H,5-7H2,1-4H3,(H,29,35)(H2,32,33,36);1H. The molecule has 17 heteroatoms. The van der Waals surface area contributed by atoms with Crippen molar-refractivity contribution in [1.29, 1.82) is 0 Å². The number of benzene rings is 1. The van der Waals surface area contributed by atoms with Crippen molar-refractivity contribution < 1.29 is 31.1 Å². The number of halogens is 4. The lowest BCUT2D eigenvalue weighted by Crippen LogP contribution is -2.31. The number of aromatic amines is 1. The summed E-state index contributed by atoms with van der Waals surface area (Å²) in [5.41, 5.74) is -1.18. The maximum atomic E-state index is 13.5. The summed E-state index contributed by atoms with van der Waals surface area (Å²) < 4.78 is 73.3. The quantitative estimate of drug-likeness (QED) is 0.269. The molecule has 0 radical (unpaired) electrons. The highest BCUT2D eigenvalue weighted by atomic mass is 35.5. The summed E-state index contributed by atoms with van der Waals surface area (Å²) in [5, 5.41) is 4.66. The first kappa shape index (κ1) is 33.5. The number of aryl methyl sites for hydroxylation is 1. The van der Waals surface area contributed by atoms with Crippen molar-refractivity contribution in [2.45, 2.75) is 24.9 Å². The van der Waals surface area contributed by atoms with Gasteiger partial charge >= 0.3 is 12.2 Å². The van der Waals surface area contributed by atoms with E-state index < -0.39 is 43.9 Å². The van der Waals surface area contributed by atoms with E-state index in [1.54, 1.807) is 32.8 Å². The number of H-pyrrole nitrogens is 1. The highest BCUT2D eigenvalue weighted by Gasteiger charge is 2.33. The van der Waals surface area contributed by atoms with Crippen LogP contribution in [0.1, 0.15) is 18.2 Å². The van der Waals surface area contributed by atoms with Gasteiger partial charge in [-0.15, -0.1) is 12.4 Å². The van der Waals surface area contributed by atoms with Crippen LogP contribution < -0.4 is 25.7 Å². The van der Waals surface area contributed by atoms with Gasteiger partial charge in [-0.05, 0) is 52.2 Å². The zero-order valence-corrected chi connectivity index (χ0v) is 24.1. The van der Waals surface area contributed by atoms with Crippen molar-refractivity contribution in [3.8, 4) is 17.1 Å². The van der Waals surface area contributed by atoms with Crippen molar-refractivity contribution in [2.24, 2.45) is 0 Å². The first-order valence-corrected chi connectivity index (χ1v) is 13.3. The van der Waals surface area contributed by atoms with E-state index in [2.05, 4.69) is 30.3 Å². The Morgan fingerprint density at radius 3 is 2.46 bits per heavy atom. The number of alkyl halides is 3. The molecule has 2 aromatic heterocycles. The number of hydrogen-bond donors (Lipinski definition) is 4. The van der Waals surface area contributed by atoms with Gasteiger partial charge in [0.2, 0.25) is 10.0 Å². The molecule has 0 fully saturated rings. The van der Waals surface area contributed by atoms with Gasteiger partial charge in [-0.3, -0.25) is 4.79 Å². The molecule has 224 valence electrons. The summed E-state index contributed by atoms with van der Waals surface area (Å²) in [6, 6.07) is 2.55. The van der Waals surface area contributed by atoms with Gasteiger partial charge in [-0.2, -0.15) is 13.2 Å². The second kappa shape index (κ2) is 13.8. The summed E-state index contributed by atoms with van der Waals surface area (Å²) in [4.78, 5) is 36.5. The summed E-state index contributed by atoms with van der Waals surface area (Å²) >= 11 is 0. The van der Waals surface area contributed by atoms with Gasteiger partial charge < -0.3 is 25.3 Å². The molecule has 0 bridgehead atoms. The molecular formula is C24H29ClF3N7O5S. The molecule has 1 aromatic carbocycles. The lowest BCUT2D eigenvalue weighted by Gasteiger charge is -2.15. The van der Waals surface area contributed by atoms with Gasteiger partial charge in [-0.25, -0.2) is 27.9 Å². The molecule has 3 aromatic rings. The number of likely N-dealkylation sites (N-methyl/N-ethyl adjacent to an activating group) is 1. The van der Waals surface area contributed by atoms with Gasteiger partial charge in [0.15, 0.2) is 11.6 Å². The van der Waals surface area contributed by atoms with Gasteiger partial charge in [0, 0.05) is 30.5 Å². The van der Waals surface area contributed by atoms with Crippen LogP contribution in [0, 0.1) is 6.92 Å². The average Bonchev–Trinajstić information content (AvgIpc) is 2.85. The molecule has 4 N–H and O–H groups in total. The Morgan fingerprint density at radius 1 is 1.15 bits per heavy atom. The number of nitrogens with one attached hydrogen (secondary N) is 4. The maximum absolute atomic E-state index is 13.5. The topological polar surface area (TPSA) is 158 Å². The van der Waals surface area contributed by atoms with E-state index in [1.165, 1.54) is 18.5 Å². The number of ether oxygens (including phenoxy) is 1. The minimum absolute atomic E-state index is 0. The molecule has 0 aliphatic rings. The zero-order chi connectivity index (χ0) is 29.7. The number of rotatable bonds is 10. The van der Waals surface area contributed by atoms with Crippen molar-refractivity contribution >= 4 is 39.8 Å². The SMILES string of the molecule is CCOc1cc(-c2ncc(NC(=O)Nc3cc(C(F)(F)F)cc(S(=O)(=O)NCCN(C)C)c3)c(C)n2)c[nH]c1=O.Cl. The molecule has 0 atom stereocenters. The van der Waals surface area contributed by atoms with E-state index in [1.807, 2.05) is 0 Å². The van der Waals surface area contributed by atoms with E-state index in [0.717, 1.165) is 6.07 Å². The molecular weight excluding hydrogens is 591 g/mol. The molecule has 12 nitrogen and oxygen atoms in total. The van der Waals surface area contributed by atoms with Crippen molar-refractivity contribution in [2.75, 3.05) is 44.4 Å². The highest BCUT2D eigenvalue weighted by Crippen LogP contribution is 2.33. The fraction of sp³-hybridized carbons (Fsp3) is 0.333. The predicted octanol–water partition coefficient (Wildman–Crippen LogP) is 3.46. The van der Waals surface area contributed by atoms with Crippen molar-refractivity contribution in [1.82, 2.24) is 24.6 Å². The largest absolute Gasteiger partial charge is 0.488 e. The smallest absolute Gasteiger partial charge is 0.416 e. The molecule has 2 amide bonds. The molecule has 0 saturated carbocycles. The van der Waals surface area contributed by atoms with Crippen LogP contribution in [0.15, 0.2) is 46.3 Å². The third kappa shape index (κ3) is 9.14. The number of carbonyl (C=O) groups is 1. The Hall–Kier alpha value is -3.73. The lowest BCUT2D eigenvalue weighted by atomic mass is 10.2. The molecule has 3 rings (SSSR count). The van der Waals surface area contributed by atoms with Gasteiger partial charge in [0.05, 0.1) is 34.6 Å². The van der Waals surface area contributed by atoms with Crippen LogP contribution in [0.4, 0.5) is 29.3 Å². The highest BCUT2D eigenvalue weighted by molar-refractivity contribution is 7.89. The third-order valence-corrected chi connectivity index (χ3v) is 6.75. The number of aromatic nitrogens is 3. The molecule has 41 heavy (non-hydrogen) atoms. The van der Waals surface area contributed by atoms with E-state index in [4.69, 9.17) is 4.74 Å². The van der Waals surface area contributed by atoms with Crippen molar-refractivity contribution in [3.63, 3.8) is 0 Å². The number of anilines is 2. The normalized spacial score (nSPS) is 11.6.